The van der Waals surface area contributed by atoms with Crippen LogP contribution in [0.2, 0.25) is 0 Å². The van der Waals surface area contributed by atoms with Crippen molar-refractivity contribution in [1.29, 1.82) is 0 Å². The molecule has 3 rings (SSSR count). The number of likely N-dealkylation sites (tertiary alicyclic amines) is 1. The first-order chi connectivity index (χ1) is 9.79. The maximum absolute atomic E-state index is 5.72. The van der Waals surface area contributed by atoms with E-state index in [0.717, 1.165) is 31.4 Å². The summed E-state index contributed by atoms with van der Waals surface area (Å²) in [5.41, 5.74) is 0. The third kappa shape index (κ3) is 3.55. The summed E-state index contributed by atoms with van der Waals surface area (Å²) in [6.45, 7) is 5.36. The van der Waals surface area contributed by atoms with E-state index in [2.05, 4.69) is 20.1 Å². The van der Waals surface area contributed by atoms with E-state index in [-0.39, 0.29) is 0 Å². The van der Waals surface area contributed by atoms with Crippen LogP contribution in [-0.4, -0.2) is 39.8 Å². The maximum Gasteiger partial charge on any atom is 0.273 e. The van der Waals surface area contributed by atoms with E-state index in [1.165, 1.54) is 24.2 Å². The molecule has 6 nitrogen and oxygen atoms in total. The first kappa shape index (κ1) is 13.5. The highest BCUT2D eigenvalue weighted by atomic mass is 32.1. The number of hydrogen-bond acceptors (Lipinski definition) is 7. The molecule has 1 aliphatic rings. The van der Waals surface area contributed by atoms with Crippen LogP contribution in [-0.2, 0) is 6.54 Å². The molecule has 108 valence electrons. The minimum atomic E-state index is 0.539. The predicted molar refractivity (Wildman–Crippen MR) is 74.6 cm³/mol. The molecule has 0 aliphatic carbocycles. The molecule has 1 saturated heterocycles. The molecule has 3 heterocycles. The smallest absolute Gasteiger partial charge is 0.273 e. The van der Waals surface area contributed by atoms with Gasteiger partial charge in [0.1, 0.15) is 0 Å². The van der Waals surface area contributed by atoms with Crippen molar-refractivity contribution in [1.82, 2.24) is 20.1 Å². The minimum absolute atomic E-state index is 0.539. The van der Waals surface area contributed by atoms with E-state index in [4.69, 9.17) is 9.15 Å². The Bertz CT molecular complexity index is 528. The van der Waals surface area contributed by atoms with E-state index in [1.54, 1.807) is 6.20 Å². The fourth-order valence-corrected chi connectivity index (χ4v) is 2.99. The second-order valence-corrected chi connectivity index (χ2v) is 5.92. The lowest BCUT2D eigenvalue weighted by Crippen LogP contribution is -2.37. The molecule has 1 unspecified atom stereocenters. The van der Waals surface area contributed by atoms with Crippen LogP contribution in [0.1, 0.15) is 24.6 Å². The van der Waals surface area contributed by atoms with Crippen molar-refractivity contribution in [3.8, 4) is 5.19 Å². The molecule has 0 bridgehead atoms. The Labute approximate surface area is 121 Å². The molecular formula is C13H18N4O2S. The van der Waals surface area contributed by atoms with Crippen molar-refractivity contribution in [2.24, 2.45) is 5.92 Å². The van der Waals surface area contributed by atoms with Crippen molar-refractivity contribution >= 4 is 11.3 Å². The number of ether oxygens (including phenoxy) is 1. The molecule has 0 radical (unpaired) electrons. The molecule has 0 saturated carbocycles. The largest absolute Gasteiger partial charge is 0.470 e. The molecule has 2 aromatic heterocycles. The zero-order valence-electron chi connectivity index (χ0n) is 11.5. The van der Waals surface area contributed by atoms with Gasteiger partial charge in [0, 0.05) is 31.0 Å². The van der Waals surface area contributed by atoms with Crippen LogP contribution in [0.3, 0.4) is 0 Å². The Balaban J connectivity index is 1.48. The number of rotatable bonds is 5. The van der Waals surface area contributed by atoms with Crippen LogP contribution < -0.4 is 4.74 Å². The SMILES string of the molecule is Cc1nnc(CN2CCCC(COc3nccs3)C2)o1. The van der Waals surface area contributed by atoms with E-state index < -0.39 is 0 Å². The zero-order chi connectivity index (χ0) is 13.8. The molecule has 0 N–H and O–H groups in total. The van der Waals surface area contributed by atoms with Gasteiger partial charge in [-0.15, -0.1) is 10.2 Å². The fraction of sp³-hybridized carbons (Fsp3) is 0.615. The highest BCUT2D eigenvalue weighted by Gasteiger charge is 2.22. The van der Waals surface area contributed by atoms with Crippen molar-refractivity contribution in [3.63, 3.8) is 0 Å². The predicted octanol–water partition coefficient (Wildman–Crippen LogP) is 2.13. The van der Waals surface area contributed by atoms with Gasteiger partial charge in [-0.3, -0.25) is 4.90 Å². The van der Waals surface area contributed by atoms with Gasteiger partial charge in [0.2, 0.25) is 11.8 Å². The number of piperidine rings is 1. The molecule has 1 fully saturated rings. The van der Waals surface area contributed by atoms with Gasteiger partial charge in [0.05, 0.1) is 13.2 Å². The molecular weight excluding hydrogens is 276 g/mol. The van der Waals surface area contributed by atoms with Crippen LogP contribution in [0.4, 0.5) is 0 Å². The number of hydrogen-bond donors (Lipinski definition) is 0. The van der Waals surface area contributed by atoms with Crippen molar-refractivity contribution in [2.75, 3.05) is 19.7 Å². The molecule has 1 atom stereocenters. The normalized spacial score (nSPS) is 20.1. The van der Waals surface area contributed by atoms with Crippen LogP contribution in [0.15, 0.2) is 16.0 Å². The van der Waals surface area contributed by atoms with Gasteiger partial charge >= 0.3 is 0 Å². The van der Waals surface area contributed by atoms with Gasteiger partial charge in [0.15, 0.2) is 0 Å². The fourth-order valence-electron chi connectivity index (χ4n) is 2.49. The van der Waals surface area contributed by atoms with Crippen molar-refractivity contribution in [2.45, 2.75) is 26.3 Å². The van der Waals surface area contributed by atoms with Gasteiger partial charge in [0.25, 0.3) is 5.19 Å². The van der Waals surface area contributed by atoms with E-state index >= 15 is 0 Å². The zero-order valence-corrected chi connectivity index (χ0v) is 12.3. The van der Waals surface area contributed by atoms with Gasteiger partial charge in [-0.25, -0.2) is 4.98 Å². The quantitative estimate of drug-likeness (QED) is 0.841. The van der Waals surface area contributed by atoms with E-state index in [0.29, 0.717) is 17.7 Å². The minimum Gasteiger partial charge on any atom is -0.470 e. The molecule has 0 spiro atoms. The average Bonchev–Trinajstić information content (AvgIpc) is 3.09. The Morgan fingerprint density at radius 2 is 2.45 bits per heavy atom. The number of aryl methyl sites for hydroxylation is 1. The van der Waals surface area contributed by atoms with Gasteiger partial charge in [-0.05, 0) is 19.4 Å². The summed E-state index contributed by atoms with van der Waals surface area (Å²) >= 11 is 1.54. The summed E-state index contributed by atoms with van der Waals surface area (Å²) < 4.78 is 11.2. The highest BCUT2D eigenvalue weighted by molar-refractivity contribution is 7.11. The van der Waals surface area contributed by atoms with Gasteiger partial charge in [-0.2, -0.15) is 0 Å². The lowest BCUT2D eigenvalue weighted by atomic mass is 9.99. The second kappa shape index (κ2) is 6.32. The van der Waals surface area contributed by atoms with Crippen molar-refractivity contribution in [3.05, 3.63) is 23.4 Å². The maximum atomic E-state index is 5.72. The van der Waals surface area contributed by atoms with Crippen LogP contribution in [0, 0.1) is 12.8 Å². The van der Waals surface area contributed by atoms with Crippen LogP contribution in [0.25, 0.3) is 0 Å². The molecule has 7 heteroatoms. The monoisotopic (exact) mass is 294 g/mol. The summed E-state index contributed by atoms with van der Waals surface area (Å²) in [5.74, 6) is 1.86. The third-order valence-corrected chi connectivity index (χ3v) is 4.06. The van der Waals surface area contributed by atoms with Crippen LogP contribution in [0.5, 0.6) is 5.19 Å². The Morgan fingerprint density at radius 3 is 3.20 bits per heavy atom. The number of aromatic nitrogens is 3. The summed E-state index contributed by atoms with van der Waals surface area (Å²) in [6.07, 6.45) is 4.15. The van der Waals surface area contributed by atoms with Crippen molar-refractivity contribution < 1.29 is 9.15 Å². The number of thiazole rings is 1. The summed E-state index contributed by atoms with van der Waals surface area (Å²) in [5, 5.41) is 10.6. The third-order valence-electron chi connectivity index (χ3n) is 3.38. The summed E-state index contributed by atoms with van der Waals surface area (Å²) in [7, 11) is 0. The second-order valence-electron chi connectivity index (χ2n) is 5.07. The van der Waals surface area contributed by atoms with E-state index in [1.807, 2.05) is 12.3 Å². The number of nitrogens with zero attached hydrogens (tertiary/aromatic N) is 4. The molecule has 1 aliphatic heterocycles. The standard InChI is InChI=1S/C13H18N4O2S/c1-10-15-16-12(19-10)8-17-5-2-3-11(7-17)9-18-13-14-4-6-20-13/h4,6,11H,2-3,5,7-9H2,1H3. The molecule has 2 aromatic rings. The highest BCUT2D eigenvalue weighted by Crippen LogP contribution is 2.21. The molecule has 0 amide bonds. The molecule has 20 heavy (non-hydrogen) atoms. The summed E-state index contributed by atoms with van der Waals surface area (Å²) in [6, 6.07) is 0. The van der Waals surface area contributed by atoms with Gasteiger partial charge in [-0.1, -0.05) is 11.3 Å². The Kier molecular flexibility index (Phi) is 4.27. The average molecular weight is 294 g/mol. The lowest BCUT2D eigenvalue weighted by molar-refractivity contribution is 0.117. The molecule has 0 aromatic carbocycles. The summed E-state index contributed by atoms with van der Waals surface area (Å²) in [4.78, 5) is 6.49. The topological polar surface area (TPSA) is 64.3 Å². The Morgan fingerprint density at radius 1 is 1.50 bits per heavy atom. The Hall–Kier alpha value is -1.47. The first-order valence-electron chi connectivity index (χ1n) is 6.83. The van der Waals surface area contributed by atoms with E-state index in [9.17, 15) is 0 Å². The lowest BCUT2D eigenvalue weighted by Gasteiger charge is -2.31. The van der Waals surface area contributed by atoms with Gasteiger partial charge < -0.3 is 9.15 Å². The first-order valence-corrected chi connectivity index (χ1v) is 7.71. The van der Waals surface area contributed by atoms with Crippen LogP contribution >= 0.6 is 11.3 Å².